The van der Waals surface area contributed by atoms with Crippen LogP contribution in [0.3, 0.4) is 0 Å². The Kier molecular flexibility index (Phi) is 8.73. The van der Waals surface area contributed by atoms with Crippen LogP contribution in [-0.2, 0) is 0 Å². The van der Waals surface area contributed by atoms with Crippen molar-refractivity contribution in [2.45, 2.75) is 38.8 Å². The van der Waals surface area contributed by atoms with Crippen molar-refractivity contribution in [3.05, 3.63) is 0 Å². The van der Waals surface area contributed by atoms with Crippen LogP contribution in [0.2, 0.25) is 0 Å². The molecule has 0 fully saturated rings. The monoisotopic (exact) mass is 218 g/mol. The molecule has 0 spiro atoms. The lowest BCUT2D eigenvalue weighted by molar-refractivity contribution is 0.199. The Hall–Kier alpha value is 0.270. The van der Waals surface area contributed by atoms with Gasteiger partial charge in [-0.2, -0.15) is 11.8 Å². The van der Waals surface area contributed by atoms with Crippen LogP contribution in [0.5, 0.6) is 0 Å². The van der Waals surface area contributed by atoms with E-state index in [0.29, 0.717) is 12.1 Å². The highest BCUT2D eigenvalue weighted by Crippen LogP contribution is 2.11. The first-order chi connectivity index (χ1) is 6.63. The van der Waals surface area contributed by atoms with E-state index >= 15 is 0 Å². The van der Waals surface area contributed by atoms with E-state index in [1.807, 2.05) is 18.8 Å². The molecule has 86 valence electrons. The fourth-order valence-electron chi connectivity index (χ4n) is 1.57. The number of hydrogen-bond acceptors (Lipinski definition) is 3. The summed E-state index contributed by atoms with van der Waals surface area (Å²) in [6, 6.07) is 1.39. The smallest absolute Gasteiger partial charge is 0.0157 e. The second-order valence-corrected chi connectivity index (χ2v) is 4.98. The van der Waals surface area contributed by atoms with Crippen molar-refractivity contribution in [1.82, 2.24) is 10.2 Å². The third-order valence-electron chi connectivity index (χ3n) is 2.85. The summed E-state index contributed by atoms with van der Waals surface area (Å²) in [6.07, 6.45) is 4.74. The van der Waals surface area contributed by atoms with E-state index in [0.717, 1.165) is 6.54 Å². The Bertz CT molecular complexity index is 130. The third kappa shape index (κ3) is 5.89. The molecule has 0 amide bonds. The van der Waals surface area contributed by atoms with Crippen molar-refractivity contribution in [2.24, 2.45) is 0 Å². The minimum Gasteiger partial charge on any atom is -0.320 e. The molecule has 2 unspecified atom stereocenters. The SMILES string of the molecule is CNCCCC(C)N(C)C(C)CSC. The predicted molar refractivity (Wildman–Crippen MR) is 68.2 cm³/mol. The summed E-state index contributed by atoms with van der Waals surface area (Å²) in [5.74, 6) is 1.23. The van der Waals surface area contributed by atoms with Crippen molar-refractivity contribution < 1.29 is 0 Å². The summed E-state index contributed by atoms with van der Waals surface area (Å²) in [5.41, 5.74) is 0. The van der Waals surface area contributed by atoms with Crippen LogP contribution in [0.15, 0.2) is 0 Å². The zero-order valence-electron chi connectivity index (χ0n) is 10.3. The number of hydrogen-bond donors (Lipinski definition) is 1. The first-order valence-electron chi connectivity index (χ1n) is 5.49. The Morgan fingerprint density at radius 2 is 1.93 bits per heavy atom. The highest BCUT2D eigenvalue weighted by Gasteiger charge is 2.14. The molecule has 0 aliphatic carbocycles. The van der Waals surface area contributed by atoms with Gasteiger partial charge in [0.05, 0.1) is 0 Å². The van der Waals surface area contributed by atoms with Gasteiger partial charge in [-0.25, -0.2) is 0 Å². The summed E-state index contributed by atoms with van der Waals surface area (Å²) in [6.45, 7) is 5.77. The number of nitrogens with zero attached hydrogens (tertiary/aromatic N) is 1. The van der Waals surface area contributed by atoms with Crippen molar-refractivity contribution in [3.63, 3.8) is 0 Å². The van der Waals surface area contributed by atoms with Gasteiger partial charge in [0.25, 0.3) is 0 Å². The Balaban J connectivity index is 3.68. The Morgan fingerprint density at radius 3 is 2.43 bits per heavy atom. The van der Waals surface area contributed by atoms with Gasteiger partial charge in [0, 0.05) is 17.8 Å². The molecule has 0 rings (SSSR count). The molecule has 0 saturated heterocycles. The second kappa shape index (κ2) is 8.57. The van der Waals surface area contributed by atoms with Crippen LogP contribution in [0.1, 0.15) is 26.7 Å². The van der Waals surface area contributed by atoms with Crippen molar-refractivity contribution >= 4 is 11.8 Å². The van der Waals surface area contributed by atoms with Crippen molar-refractivity contribution in [1.29, 1.82) is 0 Å². The maximum absolute atomic E-state index is 3.19. The third-order valence-corrected chi connectivity index (χ3v) is 3.66. The standard InChI is InChI=1S/C11H26N2S/c1-10(7-6-8-12-3)13(4)11(2)9-14-5/h10-12H,6-9H2,1-5H3. The van der Waals surface area contributed by atoms with Crippen LogP contribution in [0.25, 0.3) is 0 Å². The molecule has 0 heterocycles. The molecular formula is C11H26N2S. The maximum atomic E-state index is 3.19. The van der Waals surface area contributed by atoms with E-state index in [2.05, 4.69) is 37.4 Å². The summed E-state index contributed by atoms with van der Waals surface area (Å²) < 4.78 is 0. The molecule has 2 nitrogen and oxygen atoms in total. The first kappa shape index (κ1) is 14.3. The zero-order valence-corrected chi connectivity index (χ0v) is 11.2. The molecule has 0 aromatic heterocycles. The van der Waals surface area contributed by atoms with Gasteiger partial charge < -0.3 is 10.2 Å². The molecular weight excluding hydrogens is 192 g/mol. The highest BCUT2D eigenvalue weighted by atomic mass is 32.2. The van der Waals surface area contributed by atoms with Gasteiger partial charge in [-0.05, 0) is 53.6 Å². The average molecular weight is 218 g/mol. The normalized spacial score (nSPS) is 15.9. The van der Waals surface area contributed by atoms with Crippen molar-refractivity contribution in [3.8, 4) is 0 Å². The lowest BCUT2D eigenvalue weighted by Gasteiger charge is -2.30. The predicted octanol–water partition coefficient (Wildman–Crippen LogP) is 2.06. The first-order valence-corrected chi connectivity index (χ1v) is 6.88. The molecule has 0 aromatic rings. The fourth-order valence-corrected chi connectivity index (χ4v) is 2.29. The van der Waals surface area contributed by atoms with E-state index in [-0.39, 0.29) is 0 Å². The largest absolute Gasteiger partial charge is 0.320 e. The summed E-state index contributed by atoms with van der Waals surface area (Å²) in [5, 5.41) is 3.19. The maximum Gasteiger partial charge on any atom is 0.0157 e. The molecule has 0 saturated carbocycles. The van der Waals surface area contributed by atoms with Gasteiger partial charge in [-0.15, -0.1) is 0 Å². The van der Waals surface area contributed by atoms with Crippen LogP contribution in [-0.4, -0.2) is 49.6 Å². The molecule has 0 aliphatic rings. The molecule has 14 heavy (non-hydrogen) atoms. The van der Waals surface area contributed by atoms with Crippen LogP contribution < -0.4 is 5.32 Å². The van der Waals surface area contributed by atoms with E-state index in [9.17, 15) is 0 Å². The molecule has 0 bridgehead atoms. The van der Waals surface area contributed by atoms with E-state index < -0.39 is 0 Å². The Morgan fingerprint density at radius 1 is 1.29 bits per heavy atom. The van der Waals surface area contributed by atoms with Gasteiger partial charge in [-0.1, -0.05) is 0 Å². The molecule has 3 heteroatoms. The van der Waals surface area contributed by atoms with E-state index in [4.69, 9.17) is 0 Å². The highest BCUT2D eigenvalue weighted by molar-refractivity contribution is 7.98. The van der Waals surface area contributed by atoms with Crippen LogP contribution >= 0.6 is 11.8 Å². The average Bonchev–Trinajstić information content (AvgIpc) is 2.17. The topological polar surface area (TPSA) is 15.3 Å². The minimum absolute atomic E-state index is 0.689. The quantitative estimate of drug-likeness (QED) is 0.628. The van der Waals surface area contributed by atoms with Gasteiger partial charge in [0.2, 0.25) is 0 Å². The van der Waals surface area contributed by atoms with Gasteiger partial charge in [0.1, 0.15) is 0 Å². The molecule has 0 radical (unpaired) electrons. The minimum atomic E-state index is 0.689. The summed E-state index contributed by atoms with van der Waals surface area (Å²) in [4.78, 5) is 2.49. The molecule has 2 atom stereocenters. The van der Waals surface area contributed by atoms with Crippen LogP contribution in [0, 0.1) is 0 Å². The summed E-state index contributed by atoms with van der Waals surface area (Å²) >= 11 is 1.93. The van der Waals surface area contributed by atoms with Crippen LogP contribution in [0.4, 0.5) is 0 Å². The molecule has 0 aliphatic heterocycles. The zero-order chi connectivity index (χ0) is 11.0. The van der Waals surface area contributed by atoms with Crippen molar-refractivity contribution in [2.75, 3.05) is 32.6 Å². The van der Waals surface area contributed by atoms with E-state index in [1.165, 1.54) is 18.6 Å². The van der Waals surface area contributed by atoms with Gasteiger partial charge in [0.15, 0.2) is 0 Å². The molecule has 1 N–H and O–H groups in total. The fraction of sp³-hybridized carbons (Fsp3) is 1.00. The number of nitrogens with one attached hydrogen (secondary N) is 1. The number of thioether (sulfide) groups is 1. The van der Waals surface area contributed by atoms with Gasteiger partial charge in [-0.3, -0.25) is 0 Å². The number of rotatable bonds is 8. The van der Waals surface area contributed by atoms with Gasteiger partial charge >= 0.3 is 0 Å². The summed E-state index contributed by atoms with van der Waals surface area (Å²) in [7, 11) is 4.26. The Labute approximate surface area is 93.8 Å². The second-order valence-electron chi connectivity index (χ2n) is 4.06. The van der Waals surface area contributed by atoms with E-state index in [1.54, 1.807) is 0 Å². The lowest BCUT2D eigenvalue weighted by Crippen LogP contribution is -2.38. The lowest BCUT2D eigenvalue weighted by atomic mass is 10.1. The molecule has 0 aromatic carbocycles.